The number of aliphatic hydroxyl groups is 1. The highest BCUT2D eigenvalue weighted by Crippen LogP contribution is 2.33. The van der Waals surface area contributed by atoms with Crippen molar-refractivity contribution < 1.29 is 14.6 Å². The molecule has 0 saturated heterocycles. The predicted octanol–water partition coefficient (Wildman–Crippen LogP) is 2.52. The van der Waals surface area contributed by atoms with Crippen molar-refractivity contribution in [3.05, 3.63) is 27.2 Å². The molecular weight excluding hydrogens is 300 g/mol. The van der Waals surface area contributed by atoms with Crippen molar-refractivity contribution in [3.63, 3.8) is 0 Å². The lowest BCUT2D eigenvalue weighted by atomic mass is 10.3. The number of rotatable bonds is 5. The highest BCUT2D eigenvalue weighted by molar-refractivity contribution is 6.43. The Bertz CT molecular complexity index is 440. The Morgan fingerprint density at radius 1 is 1.33 bits per heavy atom. The van der Waals surface area contributed by atoms with Gasteiger partial charge in [-0.15, -0.1) is 0 Å². The number of aliphatic hydroxyl groups excluding tert-OH is 1. The lowest BCUT2D eigenvalue weighted by molar-refractivity contribution is -0.123. The summed E-state index contributed by atoms with van der Waals surface area (Å²) >= 11 is 17.4. The van der Waals surface area contributed by atoms with Crippen LogP contribution in [0.2, 0.25) is 15.1 Å². The average Bonchev–Trinajstić information content (AvgIpc) is 2.32. The summed E-state index contributed by atoms with van der Waals surface area (Å²) in [7, 11) is 0. The second kappa shape index (κ2) is 7.04. The minimum absolute atomic E-state index is 0.140. The first-order chi connectivity index (χ1) is 8.43. The van der Waals surface area contributed by atoms with Crippen molar-refractivity contribution in [2.75, 3.05) is 13.2 Å². The van der Waals surface area contributed by atoms with Gasteiger partial charge in [0.1, 0.15) is 5.75 Å². The zero-order valence-corrected chi connectivity index (χ0v) is 11.8. The Morgan fingerprint density at radius 2 is 1.94 bits per heavy atom. The number of carbonyl (C=O) groups is 1. The second-order valence-electron chi connectivity index (χ2n) is 3.64. The molecule has 0 radical (unpaired) electrons. The third-order valence-corrected chi connectivity index (χ3v) is 3.03. The zero-order valence-electron chi connectivity index (χ0n) is 9.54. The number of carbonyl (C=O) groups excluding carboxylic acids is 1. The number of benzene rings is 1. The summed E-state index contributed by atoms with van der Waals surface area (Å²) < 4.78 is 5.21. The van der Waals surface area contributed by atoms with E-state index in [4.69, 9.17) is 44.6 Å². The van der Waals surface area contributed by atoms with Crippen molar-refractivity contribution >= 4 is 40.7 Å². The van der Waals surface area contributed by atoms with E-state index in [1.165, 1.54) is 12.1 Å². The first-order valence-electron chi connectivity index (χ1n) is 5.11. The maximum Gasteiger partial charge on any atom is 0.258 e. The van der Waals surface area contributed by atoms with Gasteiger partial charge in [0.05, 0.1) is 21.7 Å². The Morgan fingerprint density at radius 3 is 2.56 bits per heavy atom. The molecule has 7 heteroatoms. The van der Waals surface area contributed by atoms with Gasteiger partial charge in [0.15, 0.2) is 6.61 Å². The summed E-state index contributed by atoms with van der Waals surface area (Å²) in [6.45, 7) is 1.31. The van der Waals surface area contributed by atoms with Gasteiger partial charge in [-0.05, 0) is 13.0 Å². The van der Waals surface area contributed by atoms with E-state index >= 15 is 0 Å². The molecule has 0 fully saturated rings. The summed E-state index contributed by atoms with van der Waals surface area (Å²) in [4.78, 5) is 11.4. The number of halogens is 3. The summed E-state index contributed by atoms with van der Waals surface area (Å²) in [6, 6.07) is 2.55. The van der Waals surface area contributed by atoms with E-state index in [1.807, 2.05) is 0 Å². The Hall–Kier alpha value is -0.680. The maximum absolute atomic E-state index is 11.4. The van der Waals surface area contributed by atoms with Crippen LogP contribution in [0.25, 0.3) is 0 Å². The van der Waals surface area contributed by atoms with E-state index in [2.05, 4.69) is 5.32 Å². The molecule has 1 aromatic carbocycles. The van der Waals surface area contributed by atoms with Crippen LogP contribution >= 0.6 is 34.8 Å². The molecule has 2 N–H and O–H groups in total. The first-order valence-corrected chi connectivity index (χ1v) is 6.25. The molecule has 1 atom stereocenters. The van der Waals surface area contributed by atoms with Crippen molar-refractivity contribution in [3.8, 4) is 5.75 Å². The van der Waals surface area contributed by atoms with Gasteiger partial charge in [0.2, 0.25) is 0 Å². The standard InChI is InChI=1S/C11H12Cl3NO3/c1-6(4-16)15-11(17)5-18-10-3-8(13)7(12)2-9(10)14/h2-3,6,16H,4-5H2,1H3,(H,15,17)/t6-/m0/s1. The predicted molar refractivity (Wildman–Crippen MR) is 71.7 cm³/mol. The van der Waals surface area contributed by atoms with Gasteiger partial charge in [-0.25, -0.2) is 0 Å². The third kappa shape index (κ3) is 4.53. The first kappa shape index (κ1) is 15.4. The summed E-state index contributed by atoms with van der Waals surface area (Å²) in [5.74, 6) is -0.0865. The fourth-order valence-corrected chi connectivity index (χ4v) is 1.71. The van der Waals surface area contributed by atoms with Crippen LogP contribution in [-0.2, 0) is 4.79 Å². The van der Waals surface area contributed by atoms with Crippen molar-refractivity contribution in [2.24, 2.45) is 0 Å². The number of amides is 1. The van der Waals surface area contributed by atoms with Crippen molar-refractivity contribution in [1.29, 1.82) is 0 Å². The zero-order chi connectivity index (χ0) is 13.7. The van der Waals surface area contributed by atoms with Gasteiger partial charge in [-0.1, -0.05) is 34.8 Å². The van der Waals surface area contributed by atoms with Crippen molar-refractivity contribution in [2.45, 2.75) is 13.0 Å². The van der Waals surface area contributed by atoms with E-state index in [0.717, 1.165) is 0 Å². The molecule has 18 heavy (non-hydrogen) atoms. The molecule has 1 rings (SSSR count). The third-order valence-electron chi connectivity index (χ3n) is 2.01. The van der Waals surface area contributed by atoms with E-state index in [9.17, 15) is 4.79 Å². The molecule has 0 unspecified atom stereocenters. The van der Waals surface area contributed by atoms with Crippen LogP contribution in [0.4, 0.5) is 0 Å². The van der Waals surface area contributed by atoms with E-state index in [0.29, 0.717) is 10.0 Å². The maximum atomic E-state index is 11.4. The van der Waals surface area contributed by atoms with Gasteiger partial charge < -0.3 is 15.2 Å². The normalized spacial score (nSPS) is 12.1. The van der Waals surface area contributed by atoms with Crippen LogP contribution in [0.5, 0.6) is 5.75 Å². The van der Waals surface area contributed by atoms with E-state index < -0.39 is 0 Å². The van der Waals surface area contributed by atoms with Gasteiger partial charge in [-0.3, -0.25) is 4.79 Å². The number of ether oxygens (including phenoxy) is 1. The molecule has 0 aliphatic carbocycles. The molecule has 1 aromatic rings. The van der Waals surface area contributed by atoms with Crippen LogP contribution in [0.1, 0.15) is 6.92 Å². The molecule has 100 valence electrons. The summed E-state index contributed by atoms with van der Waals surface area (Å²) in [5, 5.41) is 12.2. The number of hydrogen-bond donors (Lipinski definition) is 2. The molecule has 0 aromatic heterocycles. The molecule has 0 aliphatic heterocycles. The molecule has 1 amide bonds. The fraction of sp³-hybridized carbons (Fsp3) is 0.364. The van der Waals surface area contributed by atoms with Gasteiger partial charge >= 0.3 is 0 Å². The van der Waals surface area contributed by atoms with Gasteiger partial charge in [0, 0.05) is 12.1 Å². The topological polar surface area (TPSA) is 58.6 Å². The highest BCUT2D eigenvalue weighted by Gasteiger charge is 2.10. The summed E-state index contributed by atoms with van der Waals surface area (Å²) in [6.07, 6.45) is 0. The minimum Gasteiger partial charge on any atom is -0.482 e. The molecular formula is C11H12Cl3NO3. The van der Waals surface area contributed by atoms with E-state index in [-0.39, 0.29) is 35.9 Å². The van der Waals surface area contributed by atoms with Crippen LogP contribution < -0.4 is 10.1 Å². The van der Waals surface area contributed by atoms with Crippen LogP contribution in [0.3, 0.4) is 0 Å². The van der Waals surface area contributed by atoms with E-state index in [1.54, 1.807) is 6.92 Å². The quantitative estimate of drug-likeness (QED) is 0.821. The van der Waals surface area contributed by atoms with Crippen molar-refractivity contribution in [1.82, 2.24) is 5.32 Å². The minimum atomic E-state index is -0.362. The Kier molecular flexibility index (Phi) is 6.02. The lowest BCUT2D eigenvalue weighted by Crippen LogP contribution is -2.38. The second-order valence-corrected chi connectivity index (χ2v) is 4.86. The molecule has 0 saturated carbocycles. The molecule has 4 nitrogen and oxygen atoms in total. The number of nitrogens with one attached hydrogen (secondary N) is 1. The smallest absolute Gasteiger partial charge is 0.258 e. The molecule has 0 aliphatic rings. The summed E-state index contributed by atoms with van der Waals surface area (Å²) in [5.41, 5.74) is 0. The highest BCUT2D eigenvalue weighted by atomic mass is 35.5. The molecule has 0 bridgehead atoms. The molecule has 0 heterocycles. The lowest BCUT2D eigenvalue weighted by Gasteiger charge is -2.12. The van der Waals surface area contributed by atoms with Crippen LogP contribution in [0, 0.1) is 0 Å². The van der Waals surface area contributed by atoms with Crippen LogP contribution in [0.15, 0.2) is 12.1 Å². The molecule has 0 spiro atoms. The SMILES string of the molecule is C[C@@H](CO)NC(=O)COc1cc(Cl)c(Cl)cc1Cl. The Labute approximate surface area is 120 Å². The van der Waals surface area contributed by atoms with Gasteiger partial charge in [-0.2, -0.15) is 0 Å². The monoisotopic (exact) mass is 311 g/mol. The Balaban J connectivity index is 2.58. The average molecular weight is 313 g/mol. The number of hydrogen-bond acceptors (Lipinski definition) is 3. The fourth-order valence-electron chi connectivity index (χ4n) is 1.12. The largest absolute Gasteiger partial charge is 0.482 e. The van der Waals surface area contributed by atoms with Crippen LogP contribution in [-0.4, -0.2) is 30.3 Å². The van der Waals surface area contributed by atoms with Gasteiger partial charge in [0.25, 0.3) is 5.91 Å².